The maximum Gasteiger partial charge on any atom is 0.426 e. The van der Waals surface area contributed by atoms with Crippen molar-refractivity contribution in [3.8, 4) is 0 Å². The number of aromatic nitrogens is 2. The van der Waals surface area contributed by atoms with Crippen LogP contribution in [0.5, 0.6) is 0 Å². The molecule has 0 unspecified atom stereocenters. The fourth-order valence-corrected chi connectivity index (χ4v) is 1.29. The molecule has 1 aromatic heterocycles. The number of nitrogens with zero attached hydrogens (tertiary/aromatic N) is 3. The summed E-state index contributed by atoms with van der Waals surface area (Å²) in [5, 5.41) is 9.78. The number of carbonyl (C=O) groups is 2. The highest BCUT2D eigenvalue weighted by molar-refractivity contribution is 5.91. The molecule has 0 saturated carbocycles. The lowest BCUT2D eigenvalue weighted by molar-refractivity contribution is 0.0719. The lowest BCUT2D eigenvalue weighted by Crippen LogP contribution is -2.47. The molecule has 0 aliphatic rings. The van der Waals surface area contributed by atoms with E-state index in [-0.39, 0.29) is 18.3 Å². The Morgan fingerprint density at radius 2 is 2.24 bits per heavy atom. The van der Waals surface area contributed by atoms with Crippen LogP contribution in [0.2, 0.25) is 0 Å². The summed E-state index contributed by atoms with van der Waals surface area (Å²) in [5.41, 5.74) is 2.30. The zero-order valence-electron chi connectivity index (χ0n) is 10.0. The third-order valence-electron chi connectivity index (χ3n) is 2.04. The van der Waals surface area contributed by atoms with Crippen LogP contribution < -0.4 is 5.43 Å². The van der Waals surface area contributed by atoms with Gasteiger partial charge in [-0.3, -0.25) is 10.2 Å². The molecule has 94 valence electrons. The van der Waals surface area contributed by atoms with E-state index in [1.807, 2.05) is 13.8 Å². The van der Waals surface area contributed by atoms with Crippen LogP contribution in [0.25, 0.3) is 0 Å². The van der Waals surface area contributed by atoms with Crippen molar-refractivity contribution in [3.05, 3.63) is 18.2 Å². The van der Waals surface area contributed by atoms with Gasteiger partial charge in [-0.15, -0.1) is 0 Å². The van der Waals surface area contributed by atoms with Crippen LogP contribution in [-0.2, 0) is 7.05 Å². The van der Waals surface area contributed by atoms with Gasteiger partial charge in [-0.25, -0.2) is 14.8 Å². The van der Waals surface area contributed by atoms with E-state index in [1.54, 1.807) is 13.2 Å². The summed E-state index contributed by atoms with van der Waals surface area (Å²) in [6.45, 7) is 3.96. The molecule has 0 saturated heterocycles. The van der Waals surface area contributed by atoms with Crippen LogP contribution in [0.1, 0.15) is 24.5 Å². The monoisotopic (exact) mass is 240 g/mol. The molecule has 17 heavy (non-hydrogen) atoms. The molecule has 0 aliphatic carbocycles. The lowest BCUT2D eigenvalue weighted by Gasteiger charge is -2.21. The zero-order valence-corrected chi connectivity index (χ0v) is 10.0. The van der Waals surface area contributed by atoms with Crippen LogP contribution in [0, 0.1) is 5.92 Å². The van der Waals surface area contributed by atoms with Gasteiger partial charge in [-0.1, -0.05) is 13.8 Å². The van der Waals surface area contributed by atoms with Gasteiger partial charge in [0, 0.05) is 26.0 Å². The first kappa shape index (κ1) is 13.0. The number of carbonyl (C=O) groups excluding carboxylic acids is 1. The SMILES string of the molecule is CC(C)CN(NC(=O)c1nccn1C)C(=O)O. The van der Waals surface area contributed by atoms with E-state index in [0.29, 0.717) is 0 Å². The molecule has 0 fully saturated rings. The fraction of sp³-hybridized carbons (Fsp3) is 0.500. The number of rotatable bonds is 3. The molecular weight excluding hydrogens is 224 g/mol. The van der Waals surface area contributed by atoms with Crippen molar-refractivity contribution >= 4 is 12.0 Å². The molecule has 1 rings (SSSR count). The van der Waals surface area contributed by atoms with Crippen molar-refractivity contribution in [2.45, 2.75) is 13.8 Å². The summed E-state index contributed by atoms with van der Waals surface area (Å²) >= 11 is 0. The van der Waals surface area contributed by atoms with E-state index in [9.17, 15) is 9.59 Å². The van der Waals surface area contributed by atoms with Crippen LogP contribution in [0.4, 0.5) is 4.79 Å². The van der Waals surface area contributed by atoms with Gasteiger partial charge in [-0.2, -0.15) is 0 Å². The molecule has 0 aliphatic heterocycles. The maximum absolute atomic E-state index is 11.7. The standard InChI is InChI=1S/C10H16N4O3/c1-7(2)6-14(10(16)17)12-9(15)8-11-4-5-13(8)3/h4-5,7H,6H2,1-3H3,(H,12,15)(H,16,17). The highest BCUT2D eigenvalue weighted by atomic mass is 16.4. The van der Waals surface area contributed by atoms with Crippen molar-refractivity contribution in [2.24, 2.45) is 13.0 Å². The van der Waals surface area contributed by atoms with E-state index in [2.05, 4.69) is 10.4 Å². The second-order valence-corrected chi connectivity index (χ2v) is 4.09. The Hall–Kier alpha value is -2.05. The van der Waals surface area contributed by atoms with E-state index >= 15 is 0 Å². The van der Waals surface area contributed by atoms with Crippen molar-refractivity contribution < 1.29 is 14.7 Å². The van der Waals surface area contributed by atoms with Gasteiger partial charge >= 0.3 is 12.0 Å². The minimum absolute atomic E-state index is 0.118. The molecule has 0 radical (unpaired) electrons. The van der Waals surface area contributed by atoms with Gasteiger partial charge in [0.15, 0.2) is 5.82 Å². The number of hydrogen-bond donors (Lipinski definition) is 2. The van der Waals surface area contributed by atoms with Crippen LogP contribution in [0.15, 0.2) is 12.4 Å². The molecule has 1 heterocycles. The Morgan fingerprint density at radius 1 is 1.59 bits per heavy atom. The molecular formula is C10H16N4O3. The zero-order chi connectivity index (χ0) is 13.0. The highest BCUT2D eigenvalue weighted by Gasteiger charge is 2.19. The van der Waals surface area contributed by atoms with Crippen LogP contribution in [0.3, 0.4) is 0 Å². The van der Waals surface area contributed by atoms with Crippen molar-refractivity contribution in [3.63, 3.8) is 0 Å². The molecule has 0 bridgehead atoms. The smallest absolute Gasteiger partial charge is 0.426 e. The topological polar surface area (TPSA) is 87.5 Å². The number of aryl methyl sites for hydroxylation is 1. The third kappa shape index (κ3) is 3.47. The molecule has 2 amide bonds. The molecule has 0 aromatic carbocycles. The number of hydrogen-bond acceptors (Lipinski definition) is 3. The Balaban J connectivity index is 2.71. The minimum atomic E-state index is -1.19. The molecule has 2 N–H and O–H groups in total. The summed E-state index contributed by atoms with van der Waals surface area (Å²) < 4.78 is 1.52. The maximum atomic E-state index is 11.7. The Morgan fingerprint density at radius 3 is 2.65 bits per heavy atom. The average Bonchev–Trinajstić information content (AvgIpc) is 2.62. The van der Waals surface area contributed by atoms with Gasteiger partial charge in [-0.05, 0) is 5.92 Å². The molecule has 7 heteroatoms. The van der Waals surface area contributed by atoms with E-state index in [1.165, 1.54) is 10.8 Å². The quantitative estimate of drug-likeness (QED) is 0.761. The Bertz CT molecular complexity index is 413. The van der Waals surface area contributed by atoms with Gasteiger partial charge in [0.1, 0.15) is 0 Å². The number of nitrogens with one attached hydrogen (secondary N) is 1. The minimum Gasteiger partial charge on any atom is -0.464 e. The summed E-state index contributed by atoms with van der Waals surface area (Å²) in [6.07, 6.45) is 1.89. The number of hydrazine groups is 1. The summed E-state index contributed by atoms with van der Waals surface area (Å²) in [5.74, 6) is -0.256. The normalized spacial score (nSPS) is 10.4. The lowest BCUT2D eigenvalue weighted by atomic mass is 10.2. The number of carboxylic acid groups (broad SMARTS) is 1. The second-order valence-electron chi connectivity index (χ2n) is 4.09. The predicted molar refractivity (Wildman–Crippen MR) is 60.2 cm³/mol. The van der Waals surface area contributed by atoms with Crippen LogP contribution >= 0.6 is 0 Å². The molecule has 0 atom stereocenters. The number of imidazole rings is 1. The Labute approximate surface area is 99.0 Å². The molecule has 1 aromatic rings. The summed E-state index contributed by atoms with van der Waals surface area (Å²) in [4.78, 5) is 26.5. The van der Waals surface area contributed by atoms with Gasteiger partial charge in [0.25, 0.3) is 0 Å². The van der Waals surface area contributed by atoms with Crippen molar-refractivity contribution in [2.75, 3.05) is 6.54 Å². The van der Waals surface area contributed by atoms with Gasteiger partial charge < -0.3 is 9.67 Å². The third-order valence-corrected chi connectivity index (χ3v) is 2.04. The second kappa shape index (κ2) is 5.33. The highest BCUT2D eigenvalue weighted by Crippen LogP contribution is 1.99. The summed E-state index contributed by atoms with van der Waals surface area (Å²) in [6, 6.07) is 0. The molecule has 7 nitrogen and oxygen atoms in total. The first-order chi connectivity index (χ1) is 7.91. The first-order valence-electron chi connectivity index (χ1n) is 5.20. The van der Waals surface area contributed by atoms with Gasteiger partial charge in [0.2, 0.25) is 0 Å². The Kier molecular flexibility index (Phi) is 4.08. The molecule has 0 spiro atoms. The van der Waals surface area contributed by atoms with Gasteiger partial charge in [0.05, 0.1) is 0 Å². The van der Waals surface area contributed by atoms with E-state index in [0.717, 1.165) is 5.01 Å². The first-order valence-corrected chi connectivity index (χ1v) is 5.20. The van der Waals surface area contributed by atoms with Crippen molar-refractivity contribution in [1.82, 2.24) is 20.0 Å². The summed E-state index contributed by atoms with van der Waals surface area (Å²) in [7, 11) is 1.66. The van der Waals surface area contributed by atoms with E-state index < -0.39 is 12.0 Å². The predicted octanol–water partition coefficient (Wildman–Crippen LogP) is 0.701. The fourth-order valence-electron chi connectivity index (χ4n) is 1.29. The number of amides is 2. The average molecular weight is 240 g/mol. The van der Waals surface area contributed by atoms with Crippen LogP contribution in [-0.4, -0.2) is 38.2 Å². The van der Waals surface area contributed by atoms with E-state index in [4.69, 9.17) is 5.11 Å². The largest absolute Gasteiger partial charge is 0.464 e. The van der Waals surface area contributed by atoms with Crippen molar-refractivity contribution in [1.29, 1.82) is 0 Å².